The highest BCUT2D eigenvalue weighted by atomic mass is 16.6. The van der Waals surface area contributed by atoms with Crippen molar-refractivity contribution in [2.75, 3.05) is 13.1 Å². The van der Waals surface area contributed by atoms with E-state index in [-0.39, 0.29) is 29.2 Å². The lowest BCUT2D eigenvalue weighted by Crippen LogP contribution is -2.45. The van der Waals surface area contributed by atoms with E-state index in [1.54, 1.807) is 30.0 Å². The van der Waals surface area contributed by atoms with Crippen LogP contribution in [0, 0.1) is 17.0 Å². The monoisotopic (exact) mass is 383 g/mol. The molecule has 2 atom stereocenters. The van der Waals surface area contributed by atoms with Crippen LogP contribution >= 0.6 is 0 Å². The number of para-hydroxylation sites is 2. The standard InChI is InChI=1S/C19H21N5O4/c1-12-10-17(25)18(19(26)22-13-6-7-14(22)11-20-9-8-13)21-23(12)15-4-2-3-5-16(15)24(27)28/h2-5,10,13-14,20H,6-9,11H2,1H3. The number of nitrogens with one attached hydrogen (secondary N) is 1. The number of aryl methyl sites for hydroxylation is 1. The summed E-state index contributed by atoms with van der Waals surface area (Å²) in [6.45, 7) is 3.18. The molecule has 9 heteroatoms. The maximum Gasteiger partial charge on any atom is 0.294 e. The van der Waals surface area contributed by atoms with Crippen molar-refractivity contribution in [3.05, 3.63) is 62.1 Å². The van der Waals surface area contributed by atoms with Crippen molar-refractivity contribution in [1.82, 2.24) is 20.0 Å². The number of hydrogen-bond acceptors (Lipinski definition) is 6. The van der Waals surface area contributed by atoms with Gasteiger partial charge >= 0.3 is 0 Å². The quantitative estimate of drug-likeness (QED) is 0.634. The smallest absolute Gasteiger partial charge is 0.294 e. The lowest BCUT2D eigenvalue weighted by atomic mass is 10.1. The van der Waals surface area contributed by atoms with Crippen LogP contribution in [-0.2, 0) is 0 Å². The molecule has 1 aromatic heterocycles. The van der Waals surface area contributed by atoms with E-state index >= 15 is 0 Å². The zero-order chi connectivity index (χ0) is 19.8. The van der Waals surface area contributed by atoms with Crippen LogP contribution in [0.5, 0.6) is 0 Å². The van der Waals surface area contributed by atoms with Gasteiger partial charge in [-0.05, 0) is 38.8 Å². The summed E-state index contributed by atoms with van der Waals surface area (Å²) in [6, 6.07) is 7.59. The first kappa shape index (κ1) is 18.3. The highest BCUT2D eigenvalue weighted by molar-refractivity contribution is 5.93. The Morgan fingerprint density at radius 3 is 2.79 bits per heavy atom. The SMILES string of the molecule is Cc1cc(=O)c(C(=O)N2C3CCNCC2CC3)nn1-c1ccccc1[N+](=O)[O-]. The van der Waals surface area contributed by atoms with Gasteiger partial charge in [-0.25, -0.2) is 4.68 Å². The highest BCUT2D eigenvalue weighted by Crippen LogP contribution is 2.29. The van der Waals surface area contributed by atoms with Gasteiger partial charge in [0.05, 0.1) is 4.92 Å². The summed E-state index contributed by atoms with van der Waals surface area (Å²) in [5.41, 5.74) is -0.147. The molecule has 146 valence electrons. The van der Waals surface area contributed by atoms with Gasteiger partial charge in [-0.2, -0.15) is 5.10 Å². The first-order valence-corrected chi connectivity index (χ1v) is 9.35. The Morgan fingerprint density at radius 1 is 1.25 bits per heavy atom. The van der Waals surface area contributed by atoms with E-state index in [4.69, 9.17) is 0 Å². The predicted molar refractivity (Wildman–Crippen MR) is 102 cm³/mol. The van der Waals surface area contributed by atoms with Gasteiger partial charge in [0.2, 0.25) is 5.43 Å². The summed E-state index contributed by atoms with van der Waals surface area (Å²) in [4.78, 5) is 38.5. The van der Waals surface area contributed by atoms with Crippen molar-refractivity contribution in [2.24, 2.45) is 0 Å². The van der Waals surface area contributed by atoms with E-state index in [0.29, 0.717) is 12.2 Å². The van der Waals surface area contributed by atoms with E-state index in [0.717, 1.165) is 25.8 Å². The number of amides is 1. The molecule has 4 rings (SSSR count). The molecule has 1 amide bonds. The Morgan fingerprint density at radius 2 is 2.00 bits per heavy atom. The van der Waals surface area contributed by atoms with Crippen LogP contribution < -0.4 is 10.7 Å². The largest absolute Gasteiger partial charge is 0.330 e. The van der Waals surface area contributed by atoms with Crippen molar-refractivity contribution in [3.8, 4) is 5.69 Å². The third kappa shape index (κ3) is 3.07. The van der Waals surface area contributed by atoms with Gasteiger partial charge in [-0.3, -0.25) is 19.7 Å². The van der Waals surface area contributed by atoms with Gasteiger partial charge < -0.3 is 10.2 Å². The highest BCUT2D eigenvalue weighted by Gasteiger charge is 2.39. The minimum atomic E-state index is -0.503. The van der Waals surface area contributed by atoms with Crippen molar-refractivity contribution < 1.29 is 9.72 Å². The third-order valence-electron chi connectivity index (χ3n) is 5.51. The topological polar surface area (TPSA) is 110 Å². The van der Waals surface area contributed by atoms with E-state index in [1.165, 1.54) is 16.8 Å². The van der Waals surface area contributed by atoms with E-state index in [9.17, 15) is 19.7 Å². The van der Waals surface area contributed by atoms with Crippen LogP contribution in [0.1, 0.15) is 35.4 Å². The summed E-state index contributed by atoms with van der Waals surface area (Å²) in [6.07, 6.45) is 2.66. The Labute approximate surface area is 161 Å². The van der Waals surface area contributed by atoms with Gasteiger partial charge in [0.25, 0.3) is 11.6 Å². The second-order valence-electron chi connectivity index (χ2n) is 7.25. The molecule has 2 aliphatic heterocycles. The summed E-state index contributed by atoms with van der Waals surface area (Å²) in [5.74, 6) is -0.395. The summed E-state index contributed by atoms with van der Waals surface area (Å²) >= 11 is 0. The fourth-order valence-electron chi connectivity index (χ4n) is 4.17. The number of fused-ring (bicyclic) bond motifs is 2. The van der Waals surface area contributed by atoms with Crippen LogP contribution in [0.4, 0.5) is 5.69 Å². The molecule has 3 heterocycles. The average Bonchev–Trinajstić information content (AvgIpc) is 2.94. The summed E-state index contributed by atoms with van der Waals surface area (Å²) in [7, 11) is 0. The zero-order valence-corrected chi connectivity index (χ0v) is 15.5. The molecule has 0 spiro atoms. The molecule has 2 bridgehead atoms. The number of nitrogens with zero attached hydrogens (tertiary/aromatic N) is 4. The summed E-state index contributed by atoms with van der Waals surface area (Å²) < 4.78 is 1.31. The first-order chi connectivity index (χ1) is 13.5. The molecular weight excluding hydrogens is 362 g/mol. The number of nitro groups is 1. The van der Waals surface area contributed by atoms with Gasteiger partial charge in [0.15, 0.2) is 5.69 Å². The molecule has 1 N–H and O–H groups in total. The fraction of sp³-hybridized carbons (Fsp3) is 0.421. The second kappa shape index (κ2) is 7.16. The van der Waals surface area contributed by atoms with Gasteiger partial charge in [-0.1, -0.05) is 12.1 Å². The van der Waals surface area contributed by atoms with Crippen molar-refractivity contribution >= 4 is 11.6 Å². The number of carbonyl (C=O) groups excluding carboxylic acids is 1. The molecule has 0 aliphatic carbocycles. The minimum absolute atomic E-state index is 0.0435. The lowest BCUT2D eigenvalue weighted by Gasteiger charge is -2.27. The van der Waals surface area contributed by atoms with Gasteiger partial charge in [0, 0.05) is 36.5 Å². The number of aromatic nitrogens is 2. The maximum absolute atomic E-state index is 13.2. The van der Waals surface area contributed by atoms with Crippen LogP contribution in [-0.4, -0.2) is 50.7 Å². The molecular formula is C19H21N5O4. The van der Waals surface area contributed by atoms with E-state index < -0.39 is 16.3 Å². The molecule has 9 nitrogen and oxygen atoms in total. The van der Waals surface area contributed by atoms with Crippen LogP contribution in [0.2, 0.25) is 0 Å². The third-order valence-corrected chi connectivity index (χ3v) is 5.51. The molecule has 2 aromatic rings. The molecule has 2 unspecified atom stereocenters. The molecule has 28 heavy (non-hydrogen) atoms. The van der Waals surface area contributed by atoms with Crippen molar-refractivity contribution in [1.29, 1.82) is 0 Å². The number of nitro benzene ring substituents is 1. The molecule has 0 saturated carbocycles. The van der Waals surface area contributed by atoms with Crippen molar-refractivity contribution in [3.63, 3.8) is 0 Å². The van der Waals surface area contributed by atoms with Crippen molar-refractivity contribution in [2.45, 2.75) is 38.3 Å². The molecule has 0 radical (unpaired) electrons. The number of hydrogen-bond donors (Lipinski definition) is 1. The van der Waals surface area contributed by atoms with Gasteiger partial charge in [-0.15, -0.1) is 0 Å². The Kier molecular flexibility index (Phi) is 4.68. The Balaban J connectivity index is 1.80. The van der Waals surface area contributed by atoms with Gasteiger partial charge in [0.1, 0.15) is 5.69 Å². The molecule has 2 fully saturated rings. The second-order valence-corrected chi connectivity index (χ2v) is 7.25. The summed E-state index contributed by atoms with van der Waals surface area (Å²) in [5, 5.41) is 19.0. The first-order valence-electron chi connectivity index (χ1n) is 9.35. The minimum Gasteiger partial charge on any atom is -0.330 e. The van der Waals surface area contributed by atoms with Crippen LogP contribution in [0.3, 0.4) is 0 Å². The van der Waals surface area contributed by atoms with E-state index in [2.05, 4.69) is 10.4 Å². The Bertz CT molecular complexity index is 988. The van der Waals surface area contributed by atoms with E-state index in [1.807, 2.05) is 0 Å². The average molecular weight is 383 g/mol. The Hall–Kier alpha value is -3.07. The van der Waals surface area contributed by atoms with Crippen LogP contribution in [0.15, 0.2) is 35.1 Å². The molecule has 1 aromatic carbocycles. The lowest BCUT2D eigenvalue weighted by molar-refractivity contribution is -0.384. The number of rotatable bonds is 3. The fourth-order valence-corrected chi connectivity index (χ4v) is 4.17. The zero-order valence-electron chi connectivity index (χ0n) is 15.5. The normalized spacial score (nSPS) is 21.4. The number of benzene rings is 1. The predicted octanol–water partition coefficient (Wildman–Crippen LogP) is 1.42. The maximum atomic E-state index is 13.2. The molecule has 2 saturated heterocycles. The molecule has 2 aliphatic rings. The van der Waals surface area contributed by atoms with Crippen LogP contribution in [0.25, 0.3) is 5.69 Å². The number of carbonyl (C=O) groups is 1.